The molecule has 34 valence electrons. The van der Waals surface area contributed by atoms with E-state index in [1.54, 1.807) is 0 Å². The number of hydrogen-bond acceptors (Lipinski definition) is 2. The fraction of sp³-hybridized carbons (Fsp3) is 0. The highest BCUT2D eigenvalue weighted by Gasteiger charge is 1.82. The third-order valence-corrected chi connectivity index (χ3v) is 0.672. The molecule has 8 heavy (non-hydrogen) atoms. The molecule has 1 rings (SSSR count). The van der Waals surface area contributed by atoms with E-state index >= 15 is 0 Å². The highest BCUT2D eigenvalue weighted by Crippen LogP contribution is 1.59. The maximum Gasteiger partial charge on any atom is 0.143 e. The Hall–Kier alpha value is -0.790. The van der Waals surface area contributed by atoms with Crippen LogP contribution < -0.4 is 11.2 Å². The van der Waals surface area contributed by atoms with Crippen LogP contribution in [0.1, 0.15) is 0 Å². The van der Waals surface area contributed by atoms with Gasteiger partial charge in [0.2, 0.25) is 0 Å². The van der Waals surface area contributed by atoms with Crippen molar-refractivity contribution in [2.75, 3.05) is 0 Å². The van der Waals surface area contributed by atoms with Crippen LogP contribution in [0.3, 0.4) is 0 Å². The van der Waals surface area contributed by atoms with Crippen molar-refractivity contribution in [1.29, 1.82) is 0 Å². The summed E-state index contributed by atoms with van der Waals surface area (Å²) in [5, 5.41) is 0. The van der Waals surface area contributed by atoms with Crippen LogP contribution in [-0.4, -0.2) is 25.7 Å². The molecule has 1 heterocycles. The lowest BCUT2D eigenvalue weighted by molar-refractivity contribution is 1.28. The minimum Gasteiger partial charge on any atom is -0.278 e. The SMILES string of the molecule is [B]c1cncc([B])n1. The molecule has 4 radical (unpaired) electrons. The van der Waals surface area contributed by atoms with Gasteiger partial charge in [-0.1, -0.05) is 0 Å². The van der Waals surface area contributed by atoms with E-state index in [-0.39, 0.29) is 0 Å². The lowest BCUT2D eigenvalue weighted by Crippen LogP contribution is -2.20. The molecule has 0 aliphatic carbocycles. The third-order valence-electron chi connectivity index (χ3n) is 0.672. The predicted octanol–water partition coefficient (Wildman–Crippen LogP) is -1.94. The molecule has 0 N–H and O–H groups in total. The summed E-state index contributed by atoms with van der Waals surface area (Å²) in [6.45, 7) is 0. The smallest absolute Gasteiger partial charge is 0.143 e. The maximum absolute atomic E-state index is 5.20. The van der Waals surface area contributed by atoms with E-state index in [0.29, 0.717) is 11.2 Å². The van der Waals surface area contributed by atoms with Gasteiger partial charge in [-0.3, -0.25) is 9.97 Å². The third kappa shape index (κ3) is 1.09. The first-order chi connectivity index (χ1) is 3.79. The molecule has 1 aromatic rings. The largest absolute Gasteiger partial charge is 0.278 e. The average molecular weight is 99.7 g/mol. The van der Waals surface area contributed by atoms with Crippen LogP contribution in [0.5, 0.6) is 0 Å². The Balaban J connectivity index is 3.08. The Morgan fingerprint density at radius 2 is 1.62 bits per heavy atom. The first-order valence-electron chi connectivity index (χ1n) is 2.12. The van der Waals surface area contributed by atoms with Crippen LogP contribution in [0.4, 0.5) is 0 Å². The molecule has 0 unspecified atom stereocenters. The Bertz CT molecular complexity index is 172. The van der Waals surface area contributed by atoms with Crippen molar-refractivity contribution in [1.82, 2.24) is 9.97 Å². The van der Waals surface area contributed by atoms with Gasteiger partial charge < -0.3 is 0 Å². The van der Waals surface area contributed by atoms with Gasteiger partial charge in [-0.25, -0.2) is 0 Å². The van der Waals surface area contributed by atoms with Crippen LogP contribution in [-0.2, 0) is 0 Å². The molecule has 0 aliphatic rings. The molecule has 0 bridgehead atoms. The number of rotatable bonds is 0. The van der Waals surface area contributed by atoms with Gasteiger partial charge >= 0.3 is 0 Å². The van der Waals surface area contributed by atoms with Crippen molar-refractivity contribution in [2.45, 2.75) is 0 Å². The van der Waals surface area contributed by atoms with E-state index in [9.17, 15) is 0 Å². The van der Waals surface area contributed by atoms with Crippen LogP contribution in [0, 0.1) is 0 Å². The lowest BCUT2D eigenvalue weighted by atomic mass is 10.0. The van der Waals surface area contributed by atoms with Gasteiger partial charge in [0.15, 0.2) is 0 Å². The zero-order valence-electron chi connectivity index (χ0n) is 4.20. The van der Waals surface area contributed by atoms with Gasteiger partial charge in [0.25, 0.3) is 0 Å². The normalized spacial score (nSPS) is 9.00. The Kier molecular flexibility index (Phi) is 1.33. The maximum atomic E-state index is 5.20. The molecule has 0 atom stereocenters. The van der Waals surface area contributed by atoms with Crippen molar-refractivity contribution >= 4 is 26.9 Å². The summed E-state index contributed by atoms with van der Waals surface area (Å²) in [4.78, 5) is 7.34. The van der Waals surface area contributed by atoms with Crippen molar-refractivity contribution in [3.05, 3.63) is 12.4 Å². The predicted molar refractivity (Wildman–Crippen MR) is 32.8 cm³/mol. The van der Waals surface area contributed by atoms with E-state index < -0.39 is 0 Å². The lowest BCUT2D eigenvalue weighted by Gasteiger charge is -1.90. The second kappa shape index (κ2) is 1.99. The first-order valence-corrected chi connectivity index (χ1v) is 2.12. The molecule has 0 spiro atoms. The summed E-state index contributed by atoms with van der Waals surface area (Å²) < 4.78 is 0. The Morgan fingerprint density at radius 3 is 1.88 bits per heavy atom. The molecule has 0 fully saturated rings. The molecule has 0 aromatic carbocycles. The van der Waals surface area contributed by atoms with Gasteiger partial charge in [0, 0.05) is 23.6 Å². The monoisotopic (exact) mass is 100 g/mol. The fourth-order valence-electron chi connectivity index (χ4n) is 0.397. The van der Waals surface area contributed by atoms with Gasteiger partial charge in [-0.2, -0.15) is 0 Å². The van der Waals surface area contributed by atoms with Crippen LogP contribution in [0.25, 0.3) is 0 Å². The van der Waals surface area contributed by atoms with E-state index in [4.69, 9.17) is 15.7 Å². The summed E-state index contributed by atoms with van der Waals surface area (Å²) >= 11 is 0. The van der Waals surface area contributed by atoms with Crippen molar-refractivity contribution in [3.8, 4) is 0 Å². The van der Waals surface area contributed by atoms with Crippen LogP contribution >= 0.6 is 0 Å². The Morgan fingerprint density at radius 1 is 1.12 bits per heavy atom. The topological polar surface area (TPSA) is 25.8 Å². The van der Waals surface area contributed by atoms with Gasteiger partial charge in [0.05, 0.1) is 0 Å². The van der Waals surface area contributed by atoms with Gasteiger partial charge in [-0.05, 0) is 0 Å². The molecular formula is C4H2B2N2. The highest BCUT2D eigenvalue weighted by molar-refractivity contribution is 6.34. The standard InChI is InChI=1S/C4H2B2N2/c5-3-1-7-2-4(6)8-3/h1-2H. The molecule has 0 saturated carbocycles. The van der Waals surface area contributed by atoms with Crippen LogP contribution in [0.15, 0.2) is 12.4 Å². The second-order valence-electron chi connectivity index (χ2n) is 1.37. The average Bonchev–Trinajstić information content (AvgIpc) is 1.64. The molecule has 0 aliphatic heterocycles. The number of nitrogens with zero attached hydrogens (tertiary/aromatic N) is 2. The van der Waals surface area contributed by atoms with Gasteiger partial charge in [-0.15, -0.1) is 0 Å². The molecular weight excluding hydrogens is 97.7 g/mol. The summed E-state index contributed by atoms with van der Waals surface area (Å²) in [7, 11) is 10.4. The molecule has 0 amide bonds. The van der Waals surface area contributed by atoms with E-state index in [1.165, 1.54) is 12.4 Å². The van der Waals surface area contributed by atoms with Gasteiger partial charge in [0.1, 0.15) is 15.7 Å². The summed E-state index contributed by atoms with van der Waals surface area (Å²) in [6.07, 6.45) is 2.88. The first kappa shape index (κ1) is 5.35. The quantitative estimate of drug-likeness (QED) is 0.354. The number of aromatic nitrogens is 2. The summed E-state index contributed by atoms with van der Waals surface area (Å²) in [6, 6.07) is 0. The minimum absolute atomic E-state index is 0.352. The zero-order valence-corrected chi connectivity index (χ0v) is 4.20. The summed E-state index contributed by atoms with van der Waals surface area (Å²) in [5.41, 5.74) is 0.704. The molecule has 2 nitrogen and oxygen atoms in total. The van der Waals surface area contributed by atoms with Crippen LogP contribution in [0.2, 0.25) is 0 Å². The zero-order chi connectivity index (χ0) is 5.98. The molecule has 4 heteroatoms. The van der Waals surface area contributed by atoms with E-state index in [2.05, 4.69) is 9.97 Å². The van der Waals surface area contributed by atoms with E-state index in [0.717, 1.165) is 0 Å². The van der Waals surface area contributed by atoms with Crippen molar-refractivity contribution < 1.29 is 0 Å². The summed E-state index contributed by atoms with van der Waals surface area (Å²) in [5.74, 6) is 0. The van der Waals surface area contributed by atoms with Crippen molar-refractivity contribution in [3.63, 3.8) is 0 Å². The molecule has 1 aromatic heterocycles. The molecule has 0 saturated heterocycles. The number of hydrogen-bond donors (Lipinski definition) is 0. The fourth-order valence-corrected chi connectivity index (χ4v) is 0.397. The highest BCUT2D eigenvalue weighted by atomic mass is 14.8. The second-order valence-corrected chi connectivity index (χ2v) is 1.37. The van der Waals surface area contributed by atoms with Crippen molar-refractivity contribution in [2.24, 2.45) is 0 Å². The van der Waals surface area contributed by atoms with E-state index in [1.807, 2.05) is 0 Å². The minimum atomic E-state index is 0.352. The Labute approximate surface area is 50.2 Å².